The van der Waals surface area contributed by atoms with Crippen molar-refractivity contribution in [3.8, 4) is 6.07 Å². The molecular weight excluding hydrogens is 562 g/mol. The van der Waals surface area contributed by atoms with E-state index < -0.39 is 52.2 Å². The molecule has 0 aromatic heterocycles. The average molecular weight is 581 g/mol. The van der Waals surface area contributed by atoms with Crippen molar-refractivity contribution >= 4 is 40.6 Å². The smallest absolute Gasteiger partial charge is 0.355 e. The van der Waals surface area contributed by atoms with E-state index in [1.165, 1.54) is 44.2 Å². The minimum atomic E-state index is -4.93. The first kappa shape index (κ1) is 28.8. The van der Waals surface area contributed by atoms with Crippen molar-refractivity contribution in [2.24, 2.45) is 0 Å². The van der Waals surface area contributed by atoms with Crippen LogP contribution in [0, 0.1) is 11.3 Å². The Bertz CT molecular complexity index is 1530. The predicted octanol–water partition coefficient (Wildman–Crippen LogP) is 7.74. The molecule has 1 heterocycles. The van der Waals surface area contributed by atoms with Gasteiger partial charge in [-0.05, 0) is 74.0 Å². The van der Waals surface area contributed by atoms with Gasteiger partial charge in [0.15, 0.2) is 0 Å². The number of imide groups is 1. The first-order valence-corrected chi connectivity index (χ1v) is 11.9. The number of anilines is 3. The molecule has 0 bridgehead atoms. The molecule has 1 N–H and O–H groups in total. The van der Waals surface area contributed by atoms with Crippen LogP contribution < -0.4 is 10.2 Å². The minimum Gasteiger partial charge on any atom is -0.355 e. The second kappa shape index (κ2) is 10.1. The highest BCUT2D eigenvalue weighted by Gasteiger charge is 2.52. The van der Waals surface area contributed by atoms with Crippen LogP contribution in [0.3, 0.4) is 0 Å². The van der Waals surface area contributed by atoms with Crippen LogP contribution in [0.4, 0.5) is 48.2 Å². The summed E-state index contributed by atoms with van der Waals surface area (Å²) in [7, 11) is 0. The van der Waals surface area contributed by atoms with Gasteiger partial charge in [0.2, 0.25) is 0 Å². The number of carbonyl (C=O) groups is 2. The van der Waals surface area contributed by atoms with Gasteiger partial charge in [0.05, 0.1) is 35.0 Å². The summed E-state index contributed by atoms with van der Waals surface area (Å²) in [5, 5.41) is 12.3. The van der Waals surface area contributed by atoms with Gasteiger partial charge in [-0.15, -0.1) is 0 Å². The summed E-state index contributed by atoms with van der Waals surface area (Å²) in [6.45, 7) is 2.39. The largest absolute Gasteiger partial charge is 0.417 e. The molecule has 3 aromatic rings. The van der Waals surface area contributed by atoms with E-state index in [2.05, 4.69) is 5.32 Å². The first-order valence-electron chi connectivity index (χ1n) is 11.5. The number of urea groups is 1. The van der Waals surface area contributed by atoms with Crippen molar-refractivity contribution in [1.82, 2.24) is 4.90 Å². The normalized spacial score (nSPS) is 15.4. The summed E-state index contributed by atoms with van der Waals surface area (Å²) in [6.07, 6.45) is -9.60. The maximum atomic E-state index is 13.5. The summed E-state index contributed by atoms with van der Waals surface area (Å²) in [5.74, 6) is -0.852. The van der Waals surface area contributed by atoms with Crippen LogP contribution in [0.1, 0.15) is 36.1 Å². The predicted molar refractivity (Wildman–Crippen MR) is 135 cm³/mol. The van der Waals surface area contributed by atoms with Crippen molar-refractivity contribution in [2.45, 2.75) is 38.3 Å². The fourth-order valence-electron chi connectivity index (χ4n) is 4.20. The van der Waals surface area contributed by atoms with Gasteiger partial charge in [0, 0.05) is 16.4 Å². The molecule has 1 fully saturated rings. The van der Waals surface area contributed by atoms with Crippen LogP contribution in [0.2, 0.25) is 5.02 Å². The molecule has 0 spiro atoms. The monoisotopic (exact) mass is 580 g/mol. The molecule has 1 aliphatic heterocycles. The highest BCUT2D eigenvalue weighted by atomic mass is 35.5. The maximum Gasteiger partial charge on any atom is 0.417 e. The SMILES string of the molecule is CC1(C)C(=O)N(c2ccc(C#N)c(C(F)(F)F)c2)C(=O)N1Cc1ccc(C(F)(F)F)cc1Nc1ccc(Cl)cc1. The second-order valence-corrected chi connectivity index (χ2v) is 9.85. The fraction of sp³-hybridized carbons (Fsp3) is 0.222. The lowest BCUT2D eigenvalue weighted by atomic mass is 10.0. The fourth-order valence-corrected chi connectivity index (χ4v) is 4.32. The quantitative estimate of drug-likeness (QED) is 0.247. The van der Waals surface area contributed by atoms with Gasteiger partial charge < -0.3 is 10.2 Å². The minimum absolute atomic E-state index is 0.00984. The van der Waals surface area contributed by atoms with E-state index in [4.69, 9.17) is 16.9 Å². The summed E-state index contributed by atoms with van der Waals surface area (Å²) >= 11 is 5.89. The maximum absolute atomic E-state index is 13.5. The summed E-state index contributed by atoms with van der Waals surface area (Å²) in [5.41, 5.74) is -4.36. The number of nitrogens with one attached hydrogen (secondary N) is 1. The average Bonchev–Trinajstić information content (AvgIpc) is 3.03. The molecule has 13 heteroatoms. The Morgan fingerprint density at radius 3 is 2.15 bits per heavy atom. The molecule has 1 saturated heterocycles. The van der Waals surface area contributed by atoms with Crippen LogP contribution in [0.15, 0.2) is 60.7 Å². The van der Waals surface area contributed by atoms with Gasteiger partial charge in [-0.1, -0.05) is 17.7 Å². The number of alkyl halides is 6. The van der Waals surface area contributed by atoms with E-state index in [1.807, 2.05) is 0 Å². The lowest BCUT2D eigenvalue weighted by molar-refractivity contribution is -0.138. The number of amides is 3. The van der Waals surface area contributed by atoms with E-state index in [1.54, 1.807) is 0 Å². The van der Waals surface area contributed by atoms with Gasteiger partial charge in [0.25, 0.3) is 5.91 Å². The summed E-state index contributed by atoms with van der Waals surface area (Å²) < 4.78 is 81.0. The van der Waals surface area contributed by atoms with Gasteiger partial charge in [-0.25, -0.2) is 9.69 Å². The van der Waals surface area contributed by atoms with Crippen LogP contribution in [0.25, 0.3) is 0 Å². The molecule has 0 radical (unpaired) electrons. The summed E-state index contributed by atoms with van der Waals surface area (Å²) in [4.78, 5) is 28.4. The molecule has 0 saturated carbocycles. The number of benzene rings is 3. The Morgan fingerprint density at radius 2 is 1.57 bits per heavy atom. The molecule has 0 aliphatic carbocycles. The Balaban J connectivity index is 1.74. The second-order valence-electron chi connectivity index (χ2n) is 9.41. The van der Waals surface area contributed by atoms with Crippen molar-refractivity contribution in [2.75, 3.05) is 10.2 Å². The topological polar surface area (TPSA) is 76.4 Å². The van der Waals surface area contributed by atoms with Gasteiger partial charge in [-0.2, -0.15) is 31.6 Å². The zero-order chi connectivity index (χ0) is 29.6. The first-order chi connectivity index (χ1) is 18.5. The Hall–Kier alpha value is -4.24. The molecule has 0 unspecified atom stereocenters. The molecule has 208 valence electrons. The third kappa shape index (κ3) is 5.42. The lowest BCUT2D eigenvalue weighted by Gasteiger charge is -2.29. The van der Waals surface area contributed by atoms with E-state index in [-0.39, 0.29) is 17.8 Å². The molecule has 3 aromatic carbocycles. The van der Waals surface area contributed by atoms with E-state index in [0.717, 1.165) is 35.2 Å². The number of halogens is 7. The Labute approximate surface area is 229 Å². The molecule has 0 atom stereocenters. The van der Waals surface area contributed by atoms with Crippen molar-refractivity contribution in [3.05, 3.63) is 87.9 Å². The van der Waals surface area contributed by atoms with Crippen molar-refractivity contribution in [1.29, 1.82) is 5.26 Å². The zero-order valence-electron chi connectivity index (χ0n) is 20.8. The number of hydrogen-bond donors (Lipinski definition) is 1. The van der Waals surface area contributed by atoms with Crippen molar-refractivity contribution in [3.63, 3.8) is 0 Å². The van der Waals surface area contributed by atoms with Gasteiger partial charge in [-0.3, -0.25) is 4.79 Å². The lowest BCUT2D eigenvalue weighted by Crippen LogP contribution is -2.43. The standard InChI is InChI=1S/C27H19ClF6N4O2/c1-25(2)23(39)38(20-10-4-15(13-35)21(12-20)27(32,33)34)24(40)37(25)14-16-3-5-17(26(29,30)31)11-22(16)36-19-8-6-18(28)7-9-19/h3-12,36H,14H2,1-2H3. The van der Waals surface area contributed by atoms with E-state index in [0.29, 0.717) is 21.7 Å². The number of hydrogen-bond acceptors (Lipinski definition) is 4. The summed E-state index contributed by atoms with van der Waals surface area (Å²) in [6, 6.07) is 11.8. The Morgan fingerprint density at radius 1 is 0.925 bits per heavy atom. The highest BCUT2D eigenvalue weighted by molar-refractivity contribution is 6.30. The molecule has 4 rings (SSSR count). The van der Waals surface area contributed by atoms with Crippen LogP contribution >= 0.6 is 11.6 Å². The van der Waals surface area contributed by atoms with Gasteiger partial charge >= 0.3 is 18.4 Å². The molecule has 1 aliphatic rings. The molecular formula is C27H19ClF6N4O2. The third-order valence-corrected chi connectivity index (χ3v) is 6.65. The highest BCUT2D eigenvalue weighted by Crippen LogP contribution is 2.40. The number of nitriles is 1. The number of nitrogens with zero attached hydrogens (tertiary/aromatic N) is 3. The number of carbonyl (C=O) groups excluding carboxylic acids is 2. The van der Waals surface area contributed by atoms with E-state index >= 15 is 0 Å². The van der Waals surface area contributed by atoms with Crippen LogP contribution in [-0.4, -0.2) is 22.4 Å². The zero-order valence-corrected chi connectivity index (χ0v) is 21.5. The molecule has 40 heavy (non-hydrogen) atoms. The molecule has 3 amide bonds. The van der Waals surface area contributed by atoms with Crippen LogP contribution in [-0.2, 0) is 23.7 Å². The van der Waals surface area contributed by atoms with Crippen LogP contribution in [0.5, 0.6) is 0 Å². The van der Waals surface area contributed by atoms with Crippen molar-refractivity contribution < 1.29 is 35.9 Å². The third-order valence-electron chi connectivity index (χ3n) is 6.40. The molecule has 6 nitrogen and oxygen atoms in total. The number of rotatable bonds is 5. The van der Waals surface area contributed by atoms with E-state index in [9.17, 15) is 35.9 Å². The Kier molecular flexibility index (Phi) is 7.23. The van der Waals surface area contributed by atoms with Gasteiger partial charge in [0.1, 0.15) is 5.54 Å².